The van der Waals surface area contributed by atoms with Gasteiger partial charge in [0.1, 0.15) is 6.04 Å². The van der Waals surface area contributed by atoms with E-state index < -0.39 is 17.9 Å². The average Bonchev–Trinajstić information content (AvgIpc) is 3.17. The Hall–Kier alpha value is -3.39. The van der Waals surface area contributed by atoms with E-state index in [-0.39, 0.29) is 24.4 Å². The number of likely N-dealkylation sites (tertiary alicyclic amines) is 1. The Morgan fingerprint density at radius 1 is 0.926 bits per heavy atom. The van der Waals surface area contributed by atoms with Crippen molar-refractivity contribution >= 4 is 17.9 Å². The average molecular weight is 355 g/mol. The lowest BCUT2D eigenvalue weighted by atomic mass is 9.85. The van der Waals surface area contributed by atoms with Gasteiger partial charge in [-0.25, -0.2) is 0 Å². The van der Waals surface area contributed by atoms with Gasteiger partial charge in [-0.3, -0.25) is 14.5 Å². The number of hydrogen-bond acceptors (Lipinski definition) is 4. The summed E-state index contributed by atoms with van der Waals surface area (Å²) in [4.78, 5) is 29.6. The number of fused-ring (bicyclic) bond motifs is 5. The van der Waals surface area contributed by atoms with Crippen molar-refractivity contribution in [3.05, 3.63) is 77.5 Å². The minimum absolute atomic E-state index is 0.174. The highest BCUT2D eigenvalue weighted by molar-refractivity contribution is 6.06. The first-order chi connectivity index (χ1) is 13.2. The van der Waals surface area contributed by atoms with Gasteiger partial charge in [-0.1, -0.05) is 54.6 Å². The summed E-state index contributed by atoms with van der Waals surface area (Å²) in [6.07, 6.45) is 3.81. The molecule has 2 aromatic carbocycles. The monoisotopic (exact) mass is 355 g/mol. The van der Waals surface area contributed by atoms with Crippen LogP contribution in [0.25, 0.3) is 6.08 Å². The molecule has 0 spiro atoms. The molecule has 0 bridgehead atoms. The second-order valence-corrected chi connectivity index (χ2v) is 7.21. The van der Waals surface area contributed by atoms with Gasteiger partial charge in [-0.15, -0.1) is 0 Å². The number of carbonyl (C=O) groups is 2. The van der Waals surface area contributed by atoms with E-state index in [1.54, 1.807) is 0 Å². The smallest absolute Gasteiger partial charge is 0.236 e. The number of benzene rings is 2. The van der Waals surface area contributed by atoms with Gasteiger partial charge in [0.15, 0.2) is 0 Å². The van der Waals surface area contributed by atoms with Crippen LogP contribution in [0.3, 0.4) is 0 Å². The fourth-order valence-electron chi connectivity index (χ4n) is 4.69. The fourth-order valence-corrected chi connectivity index (χ4v) is 4.69. The SMILES string of the molecule is N#C[C@@H]1[C@@H]2C(=O)N(Cc3ccccc3)C(=O)[C@@H]2[C@H]2c3ccccc3C=CN12. The van der Waals surface area contributed by atoms with E-state index in [9.17, 15) is 14.9 Å². The third-order valence-corrected chi connectivity index (χ3v) is 5.87. The molecule has 5 nitrogen and oxygen atoms in total. The second kappa shape index (κ2) is 5.82. The number of imide groups is 1. The van der Waals surface area contributed by atoms with Crippen molar-refractivity contribution in [1.29, 1.82) is 5.26 Å². The van der Waals surface area contributed by atoms with E-state index >= 15 is 0 Å². The minimum Gasteiger partial charge on any atom is -0.353 e. The van der Waals surface area contributed by atoms with E-state index in [0.717, 1.165) is 16.7 Å². The Bertz CT molecular complexity index is 1010. The normalized spacial score (nSPS) is 28.0. The summed E-state index contributed by atoms with van der Waals surface area (Å²) in [6, 6.07) is 18.8. The zero-order valence-electron chi connectivity index (χ0n) is 14.5. The Morgan fingerprint density at radius 2 is 1.63 bits per heavy atom. The molecule has 132 valence electrons. The number of nitriles is 1. The third kappa shape index (κ3) is 2.16. The van der Waals surface area contributed by atoms with Crippen LogP contribution in [0.2, 0.25) is 0 Å². The predicted octanol–water partition coefficient (Wildman–Crippen LogP) is 2.72. The van der Waals surface area contributed by atoms with E-state index in [2.05, 4.69) is 6.07 Å². The van der Waals surface area contributed by atoms with Gasteiger partial charge in [-0.2, -0.15) is 5.26 Å². The highest BCUT2D eigenvalue weighted by atomic mass is 16.2. The minimum atomic E-state index is -0.623. The number of nitrogens with zero attached hydrogens (tertiary/aromatic N) is 3. The number of amides is 2. The first kappa shape index (κ1) is 15.8. The maximum atomic E-state index is 13.3. The van der Waals surface area contributed by atoms with E-state index in [0.29, 0.717) is 0 Å². The van der Waals surface area contributed by atoms with Gasteiger partial charge in [0.25, 0.3) is 0 Å². The molecule has 0 aliphatic carbocycles. The van der Waals surface area contributed by atoms with Gasteiger partial charge in [0.2, 0.25) is 11.8 Å². The molecule has 0 radical (unpaired) electrons. The van der Waals surface area contributed by atoms with Crippen molar-refractivity contribution in [1.82, 2.24) is 9.80 Å². The maximum absolute atomic E-state index is 13.3. The van der Waals surface area contributed by atoms with Crippen LogP contribution in [-0.4, -0.2) is 27.7 Å². The van der Waals surface area contributed by atoms with Gasteiger partial charge in [0.05, 0.1) is 30.5 Å². The molecule has 2 fully saturated rings. The quantitative estimate of drug-likeness (QED) is 0.777. The van der Waals surface area contributed by atoms with Crippen molar-refractivity contribution in [3.63, 3.8) is 0 Å². The van der Waals surface area contributed by atoms with E-state index in [4.69, 9.17) is 0 Å². The van der Waals surface area contributed by atoms with Gasteiger partial charge >= 0.3 is 0 Å². The molecule has 3 aliphatic heterocycles. The molecular formula is C22H17N3O2. The summed E-state index contributed by atoms with van der Waals surface area (Å²) in [6.45, 7) is 0.258. The summed E-state index contributed by atoms with van der Waals surface area (Å²) < 4.78 is 0. The van der Waals surface area contributed by atoms with Crippen LogP contribution >= 0.6 is 0 Å². The largest absolute Gasteiger partial charge is 0.353 e. The molecule has 3 heterocycles. The van der Waals surface area contributed by atoms with Crippen LogP contribution in [0.4, 0.5) is 0 Å². The summed E-state index contributed by atoms with van der Waals surface area (Å²) in [5, 5.41) is 9.77. The van der Waals surface area contributed by atoms with Gasteiger partial charge in [0, 0.05) is 6.20 Å². The van der Waals surface area contributed by atoms with E-state index in [1.807, 2.05) is 71.8 Å². The van der Waals surface area contributed by atoms with Crippen molar-refractivity contribution in [3.8, 4) is 6.07 Å². The molecule has 0 N–H and O–H groups in total. The van der Waals surface area contributed by atoms with Gasteiger partial charge < -0.3 is 4.90 Å². The first-order valence-corrected chi connectivity index (χ1v) is 9.04. The van der Waals surface area contributed by atoms with Crippen molar-refractivity contribution < 1.29 is 9.59 Å². The molecule has 0 unspecified atom stereocenters. The summed E-state index contributed by atoms with van der Waals surface area (Å²) >= 11 is 0. The van der Waals surface area contributed by atoms with Crippen LogP contribution in [0, 0.1) is 23.2 Å². The Kier molecular flexibility index (Phi) is 3.41. The highest BCUT2D eigenvalue weighted by Crippen LogP contribution is 2.52. The molecule has 3 aliphatic rings. The Morgan fingerprint density at radius 3 is 2.41 bits per heavy atom. The third-order valence-electron chi connectivity index (χ3n) is 5.87. The zero-order chi connectivity index (χ0) is 18.5. The lowest BCUT2D eigenvalue weighted by Crippen LogP contribution is -2.39. The topological polar surface area (TPSA) is 64.4 Å². The summed E-state index contributed by atoms with van der Waals surface area (Å²) in [7, 11) is 0. The molecule has 2 aromatic rings. The van der Waals surface area contributed by atoms with Crippen LogP contribution in [-0.2, 0) is 16.1 Å². The van der Waals surface area contributed by atoms with Crippen molar-refractivity contribution in [2.24, 2.45) is 11.8 Å². The molecular weight excluding hydrogens is 338 g/mol. The van der Waals surface area contributed by atoms with E-state index in [1.165, 1.54) is 4.90 Å². The Balaban J connectivity index is 1.56. The Labute approximate surface area is 157 Å². The standard InChI is InChI=1S/C22H17N3O2/c23-12-17-18-19(20-16-9-5-4-8-15(16)10-11-24(17)20)22(27)25(21(18)26)13-14-6-2-1-3-7-14/h1-11,17-20H,13H2/t17-,18+,19+,20-/m1/s1. The lowest BCUT2D eigenvalue weighted by Gasteiger charge is -2.33. The molecule has 4 atom stereocenters. The molecule has 2 saturated heterocycles. The van der Waals surface area contributed by atoms with Crippen LogP contribution < -0.4 is 0 Å². The van der Waals surface area contributed by atoms with Crippen LogP contribution in [0.15, 0.2) is 60.8 Å². The molecule has 0 aromatic heterocycles. The van der Waals surface area contributed by atoms with Crippen LogP contribution in [0.1, 0.15) is 22.7 Å². The maximum Gasteiger partial charge on any atom is 0.236 e. The van der Waals surface area contributed by atoms with Crippen molar-refractivity contribution in [2.45, 2.75) is 18.6 Å². The molecule has 0 saturated carbocycles. The van der Waals surface area contributed by atoms with Crippen LogP contribution in [0.5, 0.6) is 0 Å². The zero-order valence-corrected chi connectivity index (χ0v) is 14.5. The second-order valence-electron chi connectivity index (χ2n) is 7.21. The number of hydrogen-bond donors (Lipinski definition) is 0. The highest BCUT2D eigenvalue weighted by Gasteiger charge is 2.62. The van der Waals surface area contributed by atoms with Crippen molar-refractivity contribution in [2.75, 3.05) is 0 Å². The molecule has 2 amide bonds. The summed E-state index contributed by atoms with van der Waals surface area (Å²) in [5.74, 6) is -1.55. The van der Waals surface area contributed by atoms with Gasteiger partial charge in [-0.05, 0) is 22.8 Å². The fraction of sp³-hybridized carbons (Fsp3) is 0.227. The molecule has 5 heteroatoms. The number of carbonyl (C=O) groups excluding carboxylic acids is 2. The molecule has 5 rings (SSSR count). The summed E-state index contributed by atoms with van der Waals surface area (Å²) in [5.41, 5.74) is 2.96. The molecule has 27 heavy (non-hydrogen) atoms. The lowest BCUT2D eigenvalue weighted by molar-refractivity contribution is -0.141. The first-order valence-electron chi connectivity index (χ1n) is 9.04. The predicted molar refractivity (Wildman–Crippen MR) is 98.4 cm³/mol. The number of rotatable bonds is 2.